The van der Waals surface area contributed by atoms with E-state index in [2.05, 4.69) is 21.2 Å². The third-order valence-electron chi connectivity index (χ3n) is 2.75. The molecule has 16 heavy (non-hydrogen) atoms. The first kappa shape index (κ1) is 11.9. The van der Waals surface area contributed by atoms with Crippen molar-refractivity contribution >= 4 is 39.1 Å². The maximum Gasteiger partial charge on any atom is 0.244 e. The van der Waals surface area contributed by atoms with Gasteiger partial charge in [0.1, 0.15) is 0 Å². The van der Waals surface area contributed by atoms with E-state index in [-0.39, 0.29) is 11.9 Å². The number of hydrogen-bond donors (Lipinski definition) is 1. The Bertz CT molecular complexity index is 424. The monoisotopic (exact) mass is 302 g/mol. The van der Waals surface area contributed by atoms with Crippen LogP contribution in [0.3, 0.4) is 0 Å². The number of halogens is 2. The molecule has 1 aromatic carbocycles. The summed E-state index contributed by atoms with van der Waals surface area (Å²) >= 11 is 9.38. The second-order valence-electron chi connectivity index (χ2n) is 3.72. The lowest BCUT2D eigenvalue weighted by atomic mass is 10.2. The van der Waals surface area contributed by atoms with E-state index in [4.69, 9.17) is 11.6 Å². The van der Waals surface area contributed by atoms with Crippen molar-refractivity contribution < 1.29 is 4.79 Å². The van der Waals surface area contributed by atoms with Crippen LogP contribution in [0.25, 0.3) is 0 Å². The summed E-state index contributed by atoms with van der Waals surface area (Å²) in [7, 11) is 1.80. The molecule has 86 valence electrons. The zero-order chi connectivity index (χ0) is 11.7. The summed E-state index contributed by atoms with van der Waals surface area (Å²) in [6, 6.07) is 5.38. The van der Waals surface area contributed by atoms with Gasteiger partial charge in [-0.05, 0) is 47.6 Å². The first-order valence-electron chi connectivity index (χ1n) is 5.07. The molecule has 1 amide bonds. The first-order valence-corrected chi connectivity index (χ1v) is 6.24. The minimum Gasteiger partial charge on any atom is -0.310 e. The van der Waals surface area contributed by atoms with Gasteiger partial charge in [-0.2, -0.15) is 0 Å². The molecule has 2 rings (SSSR count). The molecule has 1 N–H and O–H groups in total. The molecule has 3 nitrogen and oxygen atoms in total. The molecule has 1 aliphatic heterocycles. The average molecular weight is 304 g/mol. The largest absolute Gasteiger partial charge is 0.310 e. The lowest BCUT2D eigenvalue weighted by molar-refractivity contribution is -0.118. The van der Waals surface area contributed by atoms with Gasteiger partial charge < -0.3 is 10.2 Å². The highest BCUT2D eigenvalue weighted by Gasteiger charge is 2.32. The maximum atomic E-state index is 12.0. The standard InChI is InChI=1S/C11H12BrClN2O/c1-14-9-4-5-15(11(9)16)10-6-7(13)2-3-8(10)12/h2-3,6,9,14H,4-5H2,1H3. The summed E-state index contributed by atoms with van der Waals surface area (Å²) in [6.45, 7) is 0.725. The zero-order valence-electron chi connectivity index (χ0n) is 8.84. The molecular weight excluding hydrogens is 291 g/mol. The molecule has 5 heteroatoms. The summed E-state index contributed by atoms with van der Waals surface area (Å²) in [4.78, 5) is 13.8. The number of hydrogen-bond acceptors (Lipinski definition) is 2. The number of nitrogens with one attached hydrogen (secondary N) is 1. The molecule has 1 saturated heterocycles. The van der Waals surface area contributed by atoms with Crippen LogP contribution in [0.2, 0.25) is 5.02 Å². The van der Waals surface area contributed by atoms with Crippen molar-refractivity contribution in [3.63, 3.8) is 0 Å². The van der Waals surface area contributed by atoms with Crippen molar-refractivity contribution in [3.8, 4) is 0 Å². The molecule has 0 aromatic heterocycles. The topological polar surface area (TPSA) is 32.3 Å². The summed E-state index contributed by atoms with van der Waals surface area (Å²) in [5.41, 5.74) is 0.843. The summed E-state index contributed by atoms with van der Waals surface area (Å²) < 4.78 is 0.891. The van der Waals surface area contributed by atoms with Crippen LogP contribution in [0.5, 0.6) is 0 Å². The number of amides is 1. The smallest absolute Gasteiger partial charge is 0.244 e. The van der Waals surface area contributed by atoms with Crippen molar-refractivity contribution in [3.05, 3.63) is 27.7 Å². The Balaban J connectivity index is 2.32. The van der Waals surface area contributed by atoms with E-state index < -0.39 is 0 Å². The van der Waals surface area contributed by atoms with Gasteiger partial charge in [0.05, 0.1) is 11.7 Å². The van der Waals surface area contributed by atoms with Crippen molar-refractivity contribution in [2.75, 3.05) is 18.5 Å². The number of anilines is 1. The first-order chi connectivity index (χ1) is 7.63. The molecule has 1 atom stereocenters. The lowest BCUT2D eigenvalue weighted by Gasteiger charge is -2.18. The number of benzene rings is 1. The van der Waals surface area contributed by atoms with Crippen molar-refractivity contribution in [1.82, 2.24) is 5.32 Å². The molecular formula is C11H12BrClN2O. The molecule has 1 heterocycles. The SMILES string of the molecule is CNC1CCN(c2cc(Cl)ccc2Br)C1=O. The van der Waals surface area contributed by atoms with Gasteiger partial charge in [-0.25, -0.2) is 0 Å². The summed E-state index contributed by atoms with van der Waals surface area (Å²) in [5.74, 6) is 0.102. The Morgan fingerprint density at radius 2 is 2.31 bits per heavy atom. The van der Waals surface area contributed by atoms with Crippen LogP contribution in [0.4, 0.5) is 5.69 Å². The fraction of sp³-hybridized carbons (Fsp3) is 0.364. The summed E-state index contributed by atoms with van der Waals surface area (Å²) in [6.07, 6.45) is 0.828. The van der Waals surface area contributed by atoms with E-state index in [9.17, 15) is 4.79 Å². The number of carbonyl (C=O) groups excluding carboxylic acids is 1. The number of likely N-dealkylation sites (N-methyl/N-ethyl adjacent to an activating group) is 1. The molecule has 1 aromatic rings. The number of nitrogens with zero attached hydrogens (tertiary/aromatic N) is 1. The van der Waals surface area contributed by atoms with E-state index in [1.54, 1.807) is 18.0 Å². The minimum atomic E-state index is -0.0779. The van der Waals surface area contributed by atoms with Crippen LogP contribution < -0.4 is 10.2 Å². The minimum absolute atomic E-state index is 0.0779. The van der Waals surface area contributed by atoms with Crippen LogP contribution >= 0.6 is 27.5 Å². The highest BCUT2D eigenvalue weighted by molar-refractivity contribution is 9.10. The molecule has 0 bridgehead atoms. The third-order valence-corrected chi connectivity index (χ3v) is 3.66. The van der Waals surface area contributed by atoms with Gasteiger partial charge in [0, 0.05) is 16.0 Å². The Kier molecular flexibility index (Phi) is 3.52. The second-order valence-corrected chi connectivity index (χ2v) is 5.01. The van der Waals surface area contributed by atoms with Gasteiger partial charge in [-0.3, -0.25) is 4.79 Å². The molecule has 1 fully saturated rings. The predicted octanol–water partition coefficient (Wildman–Crippen LogP) is 2.43. The van der Waals surface area contributed by atoms with E-state index in [1.807, 2.05) is 12.1 Å². The Morgan fingerprint density at radius 3 is 2.94 bits per heavy atom. The molecule has 0 saturated carbocycles. The number of rotatable bonds is 2. The van der Waals surface area contributed by atoms with Crippen molar-refractivity contribution in [1.29, 1.82) is 0 Å². The molecule has 1 unspecified atom stereocenters. The van der Waals surface area contributed by atoms with Crippen LogP contribution in [-0.2, 0) is 4.79 Å². The van der Waals surface area contributed by atoms with Gasteiger partial charge in [0.15, 0.2) is 0 Å². The van der Waals surface area contributed by atoms with Gasteiger partial charge in [-0.15, -0.1) is 0 Å². The Hall–Kier alpha value is -0.580. The second kappa shape index (κ2) is 4.73. The van der Waals surface area contributed by atoms with E-state index in [1.165, 1.54) is 0 Å². The zero-order valence-corrected chi connectivity index (χ0v) is 11.2. The fourth-order valence-corrected chi connectivity index (χ4v) is 2.51. The van der Waals surface area contributed by atoms with Crippen molar-refractivity contribution in [2.24, 2.45) is 0 Å². The average Bonchev–Trinajstić information content (AvgIpc) is 2.63. The van der Waals surface area contributed by atoms with Crippen LogP contribution in [-0.4, -0.2) is 25.5 Å². The van der Waals surface area contributed by atoms with Gasteiger partial charge in [-0.1, -0.05) is 11.6 Å². The fourth-order valence-electron chi connectivity index (χ4n) is 1.88. The summed E-state index contributed by atoms with van der Waals surface area (Å²) in [5, 5.41) is 3.65. The lowest BCUT2D eigenvalue weighted by Crippen LogP contribution is -2.36. The normalized spacial score (nSPS) is 20.6. The van der Waals surface area contributed by atoms with Gasteiger partial charge in [0.2, 0.25) is 5.91 Å². The van der Waals surface area contributed by atoms with Crippen LogP contribution in [0, 0.1) is 0 Å². The molecule has 0 aliphatic carbocycles. The van der Waals surface area contributed by atoms with E-state index in [0.29, 0.717) is 5.02 Å². The van der Waals surface area contributed by atoms with Gasteiger partial charge >= 0.3 is 0 Å². The third kappa shape index (κ3) is 2.10. The molecule has 0 radical (unpaired) electrons. The predicted molar refractivity (Wildman–Crippen MR) is 69.0 cm³/mol. The van der Waals surface area contributed by atoms with E-state index >= 15 is 0 Å². The Labute approximate surface area is 108 Å². The van der Waals surface area contributed by atoms with Crippen LogP contribution in [0.15, 0.2) is 22.7 Å². The van der Waals surface area contributed by atoms with Crippen LogP contribution in [0.1, 0.15) is 6.42 Å². The Morgan fingerprint density at radius 1 is 1.56 bits per heavy atom. The number of carbonyl (C=O) groups is 1. The molecule has 0 spiro atoms. The van der Waals surface area contributed by atoms with E-state index in [0.717, 1.165) is 23.1 Å². The quantitative estimate of drug-likeness (QED) is 0.910. The highest BCUT2D eigenvalue weighted by Crippen LogP contribution is 2.32. The maximum absolute atomic E-state index is 12.0. The van der Waals surface area contributed by atoms with Crippen molar-refractivity contribution in [2.45, 2.75) is 12.5 Å². The van der Waals surface area contributed by atoms with Gasteiger partial charge in [0.25, 0.3) is 0 Å². The molecule has 1 aliphatic rings. The highest BCUT2D eigenvalue weighted by atomic mass is 79.9.